The summed E-state index contributed by atoms with van der Waals surface area (Å²) in [5.41, 5.74) is 0. The molecular formula is C18H29F3IN3O2. The second-order valence-electron chi connectivity index (χ2n) is 5.75. The van der Waals surface area contributed by atoms with Crippen LogP contribution in [0.1, 0.15) is 26.2 Å². The molecule has 0 amide bonds. The zero-order valence-corrected chi connectivity index (χ0v) is 18.3. The lowest BCUT2D eigenvalue weighted by atomic mass is 10.2. The number of halogens is 4. The van der Waals surface area contributed by atoms with Crippen LogP contribution in [0.2, 0.25) is 0 Å². The van der Waals surface area contributed by atoms with Crippen molar-refractivity contribution in [1.82, 2.24) is 10.2 Å². The van der Waals surface area contributed by atoms with Gasteiger partial charge in [0.1, 0.15) is 18.1 Å². The van der Waals surface area contributed by atoms with Crippen molar-refractivity contribution in [2.24, 2.45) is 4.99 Å². The van der Waals surface area contributed by atoms with E-state index in [1.165, 1.54) is 0 Å². The molecule has 27 heavy (non-hydrogen) atoms. The van der Waals surface area contributed by atoms with E-state index in [1.807, 2.05) is 43.1 Å². The summed E-state index contributed by atoms with van der Waals surface area (Å²) < 4.78 is 47.2. The van der Waals surface area contributed by atoms with Crippen LogP contribution < -0.4 is 14.8 Å². The van der Waals surface area contributed by atoms with Crippen LogP contribution >= 0.6 is 24.0 Å². The molecule has 0 atom stereocenters. The fourth-order valence-electron chi connectivity index (χ4n) is 2.17. The van der Waals surface area contributed by atoms with E-state index in [4.69, 9.17) is 9.47 Å². The third kappa shape index (κ3) is 11.8. The minimum Gasteiger partial charge on any atom is -0.497 e. The first-order valence-corrected chi connectivity index (χ1v) is 8.68. The number of guanidine groups is 1. The van der Waals surface area contributed by atoms with Crippen LogP contribution in [-0.2, 0) is 0 Å². The van der Waals surface area contributed by atoms with Crippen LogP contribution in [0.3, 0.4) is 0 Å². The topological polar surface area (TPSA) is 46.1 Å². The molecule has 1 aromatic rings. The summed E-state index contributed by atoms with van der Waals surface area (Å²) >= 11 is 0. The molecule has 0 spiro atoms. The van der Waals surface area contributed by atoms with Crippen molar-refractivity contribution in [2.75, 3.05) is 40.4 Å². The largest absolute Gasteiger partial charge is 0.497 e. The molecule has 0 aliphatic carbocycles. The molecule has 0 fully saturated rings. The normalized spacial score (nSPS) is 11.6. The first kappa shape index (κ1) is 25.6. The van der Waals surface area contributed by atoms with Crippen molar-refractivity contribution >= 4 is 29.9 Å². The third-order valence-electron chi connectivity index (χ3n) is 3.58. The van der Waals surface area contributed by atoms with Crippen LogP contribution in [0, 0.1) is 0 Å². The number of nitrogens with one attached hydrogen (secondary N) is 1. The summed E-state index contributed by atoms with van der Waals surface area (Å²) in [6.45, 7) is 4.05. The molecule has 0 heterocycles. The maximum Gasteiger partial charge on any atom is 0.389 e. The molecule has 0 aromatic heterocycles. The lowest BCUT2D eigenvalue weighted by Gasteiger charge is -2.22. The highest BCUT2D eigenvalue weighted by Gasteiger charge is 2.25. The maximum absolute atomic E-state index is 12.1. The Morgan fingerprint density at radius 3 is 2.33 bits per heavy atom. The zero-order chi connectivity index (χ0) is 19.4. The number of benzene rings is 1. The molecule has 0 aliphatic heterocycles. The van der Waals surface area contributed by atoms with Crippen LogP contribution in [-0.4, -0.2) is 57.4 Å². The van der Waals surface area contributed by atoms with Gasteiger partial charge in [0.2, 0.25) is 0 Å². The molecule has 0 saturated carbocycles. The molecule has 5 nitrogen and oxygen atoms in total. The lowest BCUT2D eigenvalue weighted by Crippen LogP contribution is -2.41. The van der Waals surface area contributed by atoms with E-state index >= 15 is 0 Å². The number of ether oxygens (including phenoxy) is 2. The van der Waals surface area contributed by atoms with Crippen molar-refractivity contribution in [2.45, 2.75) is 32.4 Å². The fraction of sp³-hybridized carbons (Fsp3) is 0.611. The van der Waals surface area contributed by atoms with E-state index in [0.29, 0.717) is 38.6 Å². The Hall–Kier alpha value is -1.39. The monoisotopic (exact) mass is 503 g/mol. The molecule has 0 aliphatic rings. The highest BCUT2D eigenvalue weighted by Crippen LogP contribution is 2.22. The van der Waals surface area contributed by atoms with Crippen molar-refractivity contribution in [3.63, 3.8) is 0 Å². The average Bonchev–Trinajstić information content (AvgIpc) is 2.60. The van der Waals surface area contributed by atoms with Gasteiger partial charge in [-0.15, -0.1) is 24.0 Å². The maximum atomic E-state index is 12.1. The van der Waals surface area contributed by atoms with Gasteiger partial charge >= 0.3 is 6.18 Å². The van der Waals surface area contributed by atoms with Gasteiger partial charge in [-0.3, -0.25) is 4.99 Å². The van der Waals surface area contributed by atoms with Gasteiger partial charge in [-0.05, 0) is 44.0 Å². The highest BCUT2D eigenvalue weighted by molar-refractivity contribution is 14.0. The summed E-state index contributed by atoms with van der Waals surface area (Å²) in [6, 6.07) is 7.31. The summed E-state index contributed by atoms with van der Waals surface area (Å²) in [5.74, 6) is 2.17. The number of unbranched alkanes of at least 4 members (excludes halogenated alkanes) is 1. The van der Waals surface area contributed by atoms with Gasteiger partial charge in [-0.1, -0.05) is 0 Å². The number of methoxy groups -OCH3 is 1. The van der Waals surface area contributed by atoms with Gasteiger partial charge in [0.15, 0.2) is 5.96 Å². The smallest absolute Gasteiger partial charge is 0.389 e. The number of rotatable bonds is 10. The first-order chi connectivity index (χ1) is 12.4. The number of aliphatic imine (C=N–C) groups is 1. The number of alkyl halides is 3. The minimum atomic E-state index is -4.09. The molecule has 0 radical (unpaired) electrons. The van der Waals surface area contributed by atoms with E-state index < -0.39 is 12.6 Å². The Labute approximate surface area is 176 Å². The molecule has 0 saturated heterocycles. The quantitative estimate of drug-likeness (QED) is 0.224. The fourth-order valence-corrected chi connectivity index (χ4v) is 2.17. The molecule has 9 heteroatoms. The van der Waals surface area contributed by atoms with Gasteiger partial charge in [0.05, 0.1) is 13.7 Å². The molecule has 1 rings (SSSR count). The van der Waals surface area contributed by atoms with Crippen LogP contribution in [0.15, 0.2) is 29.3 Å². The summed E-state index contributed by atoms with van der Waals surface area (Å²) in [6.07, 6.45) is -4.35. The Kier molecular flexibility index (Phi) is 13.0. The van der Waals surface area contributed by atoms with Crippen LogP contribution in [0.5, 0.6) is 11.5 Å². The number of hydrogen-bond acceptors (Lipinski definition) is 3. The van der Waals surface area contributed by atoms with E-state index in [0.717, 1.165) is 11.5 Å². The van der Waals surface area contributed by atoms with E-state index in [9.17, 15) is 13.2 Å². The SMILES string of the molecule is CCNC(=NCCCCC(F)(F)F)N(C)CCOc1ccc(OC)cc1.I. The van der Waals surface area contributed by atoms with Crippen LogP contribution in [0.25, 0.3) is 0 Å². The van der Waals surface area contributed by atoms with Crippen molar-refractivity contribution in [3.8, 4) is 11.5 Å². The second-order valence-corrected chi connectivity index (χ2v) is 5.75. The molecule has 1 N–H and O–H groups in total. The third-order valence-corrected chi connectivity index (χ3v) is 3.58. The number of nitrogens with zero attached hydrogens (tertiary/aromatic N) is 2. The number of likely N-dealkylation sites (N-methyl/N-ethyl adjacent to an activating group) is 1. The zero-order valence-electron chi connectivity index (χ0n) is 16.0. The Morgan fingerprint density at radius 2 is 1.78 bits per heavy atom. The van der Waals surface area contributed by atoms with Crippen molar-refractivity contribution in [3.05, 3.63) is 24.3 Å². The lowest BCUT2D eigenvalue weighted by molar-refractivity contribution is -0.135. The predicted molar refractivity (Wildman–Crippen MR) is 112 cm³/mol. The van der Waals surface area contributed by atoms with Gasteiger partial charge < -0.3 is 19.7 Å². The van der Waals surface area contributed by atoms with Crippen molar-refractivity contribution in [1.29, 1.82) is 0 Å². The van der Waals surface area contributed by atoms with E-state index in [-0.39, 0.29) is 30.4 Å². The summed E-state index contributed by atoms with van der Waals surface area (Å²) in [5, 5.41) is 3.13. The van der Waals surface area contributed by atoms with Crippen molar-refractivity contribution < 1.29 is 22.6 Å². The Morgan fingerprint density at radius 1 is 1.15 bits per heavy atom. The van der Waals surface area contributed by atoms with Gasteiger partial charge in [0, 0.05) is 26.6 Å². The second kappa shape index (κ2) is 13.7. The average molecular weight is 503 g/mol. The van der Waals surface area contributed by atoms with Gasteiger partial charge in [0.25, 0.3) is 0 Å². The van der Waals surface area contributed by atoms with Gasteiger partial charge in [-0.2, -0.15) is 13.2 Å². The molecule has 0 bridgehead atoms. The molecule has 0 unspecified atom stereocenters. The van der Waals surface area contributed by atoms with E-state index in [2.05, 4.69) is 10.3 Å². The highest BCUT2D eigenvalue weighted by atomic mass is 127. The molecular weight excluding hydrogens is 474 g/mol. The van der Waals surface area contributed by atoms with Gasteiger partial charge in [-0.25, -0.2) is 0 Å². The molecule has 1 aromatic carbocycles. The first-order valence-electron chi connectivity index (χ1n) is 8.68. The molecule has 156 valence electrons. The summed E-state index contributed by atoms with van der Waals surface area (Å²) in [4.78, 5) is 6.27. The number of hydrogen-bond donors (Lipinski definition) is 1. The Balaban J connectivity index is 0.00000676. The van der Waals surface area contributed by atoms with Crippen LogP contribution in [0.4, 0.5) is 13.2 Å². The Bertz CT molecular complexity index is 540. The minimum absolute atomic E-state index is 0. The summed E-state index contributed by atoms with van der Waals surface area (Å²) in [7, 11) is 3.48. The predicted octanol–water partition coefficient (Wildman–Crippen LogP) is 4.32. The van der Waals surface area contributed by atoms with E-state index in [1.54, 1.807) is 7.11 Å². The standard InChI is InChI=1S/C18H28F3N3O2.HI/c1-4-22-17(23-12-6-5-11-18(19,20)21)24(2)13-14-26-16-9-7-15(25-3)8-10-16;/h7-10H,4-6,11-14H2,1-3H3,(H,22,23);1H.